The van der Waals surface area contributed by atoms with E-state index in [-0.39, 0.29) is 18.1 Å². The van der Waals surface area contributed by atoms with Crippen molar-refractivity contribution in [3.63, 3.8) is 0 Å². The number of carbonyl (C=O) groups excluding carboxylic acids is 3. The van der Waals surface area contributed by atoms with Gasteiger partial charge in [0.05, 0.1) is 35.7 Å². The number of amides is 3. The molecular formula is C24H38FN3O7S. The lowest BCUT2D eigenvalue weighted by Crippen LogP contribution is -2.52. The van der Waals surface area contributed by atoms with E-state index in [2.05, 4.69) is 10.6 Å². The van der Waals surface area contributed by atoms with Gasteiger partial charge < -0.3 is 20.8 Å². The van der Waals surface area contributed by atoms with Crippen molar-refractivity contribution in [2.75, 3.05) is 12.3 Å². The van der Waals surface area contributed by atoms with Gasteiger partial charge in [0.25, 0.3) is 5.91 Å². The molecule has 0 aromatic heterocycles. The average molecular weight is 532 g/mol. The highest BCUT2D eigenvalue weighted by Gasteiger charge is 2.34. The Balaban J connectivity index is 2.73. The van der Waals surface area contributed by atoms with Gasteiger partial charge in [-0.2, -0.15) is 5.12 Å². The molecule has 0 saturated carbocycles. The topological polar surface area (TPSA) is 153 Å². The van der Waals surface area contributed by atoms with Crippen molar-refractivity contribution in [2.45, 2.75) is 76.5 Å². The van der Waals surface area contributed by atoms with E-state index in [0.717, 1.165) is 0 Å². The molecule has 0 bridgehead atoms. The highest BCUT2D eigenvalue weighted by molar-refractivity contribution is 7.92. The first-order valence-electron chi connectivity index (χ1n) is 12.0. The predicted octanol–water partition coefficient (Wildman–Crippen LogP) is 0.872. The number of halogens is 1. The Kier molecular flexibility index (Phi) is 13.6. The van der Waals surface area contributed by atoms with E-state index in [9.17, 15) is 37.5 Å². The second kappa shape index (κ2) is 15.5. The molecule has 10 nitrogen and oxygen atoms in total. The first-order valence-corrected chi connectivity index (χ1v) is 13.8. The number of aliphatic hydroxyl groups excluding tert-OH is 2. The summed E-state index contributed by atoms with van der Waals surface area (Å²) in [5, 5.41) is 24.3. The minimum absolute atomic E-state index is 0.0631. The minimum Gasteiger partial charge on any atom is -0.390 e. The average Bonchev–Trinajstić information content (AvgIpc) is 2.85. The Labute approximate surface area is 212 Å². The van der Waals surface area contributed by atoms with Crippen LogP contribution in [0.2, 0.25) is 0 Å². The highest BCUT2D eigenvalue weighted by atomic mass is 32.2. The summed E-state index contributed by atoms with van der Waals surface area (Å²) in [4.78, 5) is 35.9. The fraction of sp³-hybridized carbons (Fsp3) is 0.625. The van der Waals surface area contributed by atoms with Crippen LogP contribution in [-0.4, -0.2) is 77.8 Å². The van der Waals surface area contributed by atoms with E-state index in [0.29, 0.717) is 31.2 Å². The summed E-state index contributed by atoms with van der Waals surface area (Å²) in [5.41, 5.74) is 0.534. The molecule has 3 amide bonds. The molecule has 1 rings (SSSR count). The van der Waals surface area contributed by atoms with Gasteiger partial charge in [-0.15, -0.1) is 0 Å². The quantitative estimate of drug-likeness (QED) is 0.172. The highest BCUT2D eigenvalue weighted by Crippen LogP contribution is 2.17. The lowest BCUT2D eigenvalue weighted by Gasteiger charge is -2.26. The molecule has 0 spiro atoms. The summed E-state index contributed by atoms with van der Waals surface area (Å²) in [5.74, 6) is -3.88. The Morgan fingerprint density at radius 2 is 1.69 bits per heavy atom. The molecule has 204 valence electrons. The van der Waals surface area contributed by atoms with Crippen molar-refractivity contribution in [3.05, 3.63) is 35.9 Å². The molecule has 0 saturated heterocycles. The number of benzene rings is 1. The van der Waals surface area contributed by atoms with Crippen molar-refractivity contribution in [2.24, 2.45) is 5.92 Å². The molecule has 1 aromatic carbocycles. The van der Waals surface area contributed by atoms with Gasteiger partial charge in [-0.3, -0.25) is 14.4 Å². The van der Waals surface area contributed by atoms with Crippen LogP contribution in [0.1, 0.15) is 52.0 Å². The van der Waals surface area contributed by atoms with E-state index >= 15 is 0 Å². The van der Waals surface area contributed by atoms with Gasteiger partial charge in [-0.1, -0.05) is 68.4 Å². The molecular weight excluding hydrogens is 493 g/mol. The van der Waals surface area contributed by atoms with Crippen LogP contribution >= 0.6 is 0 Å². The van der Waals surface area contributed by atoms with E-state index in [1.54, 1.807) is 30.3 Å². The fourth-order valence-electron chi connectivity index (χ4n) is 3.77. The maximum absolute atomic E-state index is 14.3. The summed E-state index contributed by atoms with van der Waals surface area (Å²) in [6.07, 6.45) is -1.01. The number of hydrogen-bond donors (Lipinski definition) is 4. The molecule has 0 aliphatic heterocycles. The summed E-state index contributed by atoms with van der Waals surface area (Å²) >= 11 is 0. The number of nitrogens with zero attached hydrogens (tertiary/aromatic N) is 1. The third kappa shape index (κ3) is 9.82. The molecule has 1 aromatic rings. The monoisotopic (exact) mass is 531 g/mol. The van der Waals surface area contributed by atoms with Crippen molar-refractivity contribution >= 4 is 28.1 Å². The minimum atomic E-state index is -3.71. The molecule has 0 fully saturated rings. The first-order chi connectivity index (χ1) is 17.0. The largest absolute Gasteiger partial charge is 0.390 e. The lowest BCUT2D eigenvalue weighted by molar-refractivity contribution is -0.158. The van der Waals surface area contributed by atoms with Crippen LogP contribution < -0.4 is 10.6 Å². The third-order valence-electron chi connectivity index (χ3n) is 5.90. The molecule has 12 heteroatoms. The van der Waals surface area contributed by atoms with Gasteiger partial charge in [0.2, 0.25) is 12.3 Å². The molecule has 36 heavy (non-hydrogen) atoms. The Bertz CT molecular complexity index is 927. The second-order valence-electron chi connectivity index (χ2n) is 8.80. The van der Waals surface area contributed by atoms with Crippen molar-refractivity contribution in [3.8, 4) is 0 Å². The zero-order chi connectivity index (χ0) is 27.3. The number of hydrogen-bond acceptors (Lipinski definition) is 7. The number of nitrogens with one attached hydrogen (secondary N) is 2. The first kappa shape index (κ1) is 31.5. The second-order valence-corrected chi connectivity index (χ2v) is 11.1. The number of sulfone groups is 1. The Morgan fingerprint density at radius 3 is 2.22 bits per heavy atom. The lowest BCUT2D eigenvalue weighted by atomic mass is 9.98. The van der Waals surface area contributed by atoms with Gasteiger partial charge in [-0.25, -0.2) is 8.42 Å². The van der Waals surface area contributed by atoms with Gasteiger partial charge >= 0.3 is 0 Å². The summed E-state index contributed by atoms with van der Waals surface area (Å²) in [6, 6.07) is 6.96. The van der Waals surface area contributed by atoms with Crippen LogP contribution in [0.15, 0.2) is 30.3 Å². The molecule has 0 aliphatic carbocycles. The number of carbonyl (C=O) groups is 3. The van der Waals surface area contributed by atoms with Gasteiger partial charge in [0.15, 0.2) is 9.84 Å². The van der Waals surface area contributed by atoms with E-state index in [1.165, 1.54) is 6.92 Å². The summed E-state index contributed by atoms with van der Waals surface area (Å²) < 4.78 is 39.9. The van der Waals surface area contributed by atoms with Crippen molar-refractivity contribution in [1.29, 1.82) is 0 Å². The number of aliphatic hydroxyl groups is 2. The predicted molar refractivity (Wildman–Crippen MR) is 133 cm³/mol. The third-order valence-corrected chi connectivity index (χ3v) is 8.18. The van der Waals surface area contributed by atoms with Crippen LogP contribution in [0, 0.1) is 5.92 Å². The Morgan fingerprint density at radius 1 is 1.11 bits per heavy atom. The van der Waals surface area contributed by atoms with Crippen LogP contribution in [0.5, 0.6) is 0 Å². The molecule has 4 unspecified atom stereocenters. The van der Waals surface area contributed by atoms with Crippen LogP contribution in [-0.2, 0) is 30.8 Å². The van der Waals surface area contributed by atoms with Gasteiger partial charge in [0.1, 0.15) is 6.04 Å². The standard InChI is InChI=1S/C24H38FN3O7S/c1-4-9-19(10-5-2)36(34,35)15-20(27-16-29)23(32)26-13-21(30)22(31)17(3)24(33)28(25)14-18-11-7-6-8-12-18/h6-8,11-12,16-17,19-22,30-31H,4-5,9-10,13-15H2,1-3H3,(H,26,32)(H,27,29). The van der Waals surface area contributed by atoms with Gasteiger partial charge in [0, 0.05) is 6.54 Å². The molecule has 4 atom stereocenters. The summed E-state index contributed by atoms with van der Waals surface area (Å²) in [6.45, 7) is 4.06. The summed E-state index contributed by atoms with van der Waals surface area (Å²) in [7, 11) is -3.71. The zero-order valence-corrected chi connectivity index (χ0v) is 21.8. The fourth-order valence-corrected chi connectivity index (χ4v) is 5.94. The maximum atomic E-state index is 14.3. The molecule has 0 radical (unpaired) electrons. The Hall–Kier alpha value is -2.57. The van der Waals surface area contributed by atoms with Crippen molar-refractivity contribution in [1.82, 2.24) is 15.8 Å². The SMILES string of the molecule is CCCC(CCC)S(=O)(=O)CC(NC=O)C(=O)NCC(O)C(O)C(C)C(=O)N(F)Cc1ccccc1. The molecule has 0 aliphatic rings. The van der Waals surface area contributed by atoms with E-state index < -0.39 is 63.4 Å². The van der Waals surface area contributed by atoms with Crippen LogP contribution in [0.3, 0.4) is 0 Å². The van der Waals surface area contributed by atoms with Gasteiger partial charge in [-0.05, 0) is 18.4 Å². The molecule has 4 N–H and O–H groups in total. The normalized spacial score (nSPS) is 15.0. The zero-order valence-electron chi connectivity index (χ0n) is 21.0. The smallest absolute Gasteiger partial charge is 0.256 e. The van der Waals surface area contributed by atoms with E-state index in [4.69, 9.17) is 0 Å². The van der Waals surface area contributed by atoms with Crippen LogP contribution in [0.4, 0.5) is 4.48 Å². The number of rotatable bonds is 17. The van der Waals surface area contributed by atoms with Crippen LogP contribution in [0.25, 0.3) is 0 Å². The maximum Gasteiger partial charge on any atom is 0.256 e. The molecule has 0 heterocycles. The van der Waals surface area contributed by atoms with E-state index in [1.807, 2.05) is 13.8 Å². The van der Waals surface area contributed by atoms with Crippen molar-refractivity contribution < 1.29 is 37.5 Å².